The number of nitrogens with two attached hydrogens (primary N) is 1. The monoisotopic (exact) mass is 302 g/mol. The third kappa shape index (κ3) is 3.55. The number of carbonyl (C=O) groups is 1. The molecule has 0 bridgehead atoms. The maximum atomic E-state index is 12.1. The van der Waals surface area contributed by atoms with Gasteiger partial charge in [0.2, 0.25) is 5.91 Å². The second-order valence-electron chi connectivity index (χ2n) is 4.77. The molecule has 104 valence electrons. The number of carbonyl (C=O) groups excluding carboxylic acids is 1. The molecule has 1 aromatic rings. The van der Waals surface area contributed by atoms with Gasteiger partial charge >= 0.3 is 0 Å². The van der Waals surface area contributed by atoms with E-state index in [0.717, 1.165) is 25.7 Å². The summed E-state index contributed by atoms with van der Waals surface area (Å²) in [5, 5.41) is 3.03. The Labute approximate surface area is 121 Å². The van der Waals surface area contributed by atoms with Crippen LogP contribution in [0.3, 0.4) is 0 Å². The Bertz CT molecular complexity index is 461. The Hall–Kier alpha value is -0.910. The zero-order chi connectivity index (χ0) is 13.8. The second-order valence-corrected chi connectivity index (χ2v) is 5.51. The summed E-state index contributed by atoms with van der Waals surface area (Å²) in [7, 11) is 0. The number of aromatic nitrogens is 2. The molecule has 1 fully saturated rings. The first-order chi connectivity index (χ1) is 9.11. The summed E-state index contributed by atoms with van der Waals surface area (Å²) in [6.45, 7) is 0.696. The quantitative estimate of drug-likeness (QED) is 0.841. The molecule has 0 atom stereocenters. The van der Waals surface area contributed by atoms with Crippen LogP contribution in [0.15, 0.2) is 6.33 Å². The highest BCUT2D eigenvalue weighted by atomic mass is 35.5. The molecule has 1 amide bonds. The standard InChI is InChI=1S/C12H16Cl2N4O/c13-9-10(14)16-6-17-11(9)18-12(19)8-3-1-7(5-15)2-4-8/h6-8H,1-5,15H2,(H,16,17,18,19). The fourth-order valence-corrected chi connectivity index (χ4v) is 2.59. The predicted molar refractivity (Wildman–Crippen MR) is 75.2 cm³/mol. The van der Waals surface area contributed by atoms with Crippen LogP contribution in [0.4, 0.5) is 5.82 Å². The molecule has 19 heavy (non-hydrogen) atoms. The van der Waals surface area contributed by atoms with Gasteiger partial charge < -0.3 is 11.1 Å². The Kier molecular flexibility index (Phi) is 4.96. The van der Waals surface area contributed by atoms with Gasteiger partial charge in [0.15, 0.2) is 11.0 Å². The zero-order valence-electron chi connectivity index (χ0n) is 10.4. The molecule has 7 heteroatoms. The van der Waals surface area contributed by atoms with E-state index in [4.69, 9.17) is 28.9 Å². The van der Waals surface area contributed by atoms with Crippen molar-refractivity contribution in [1.29, 1.82) is 0 Å². The van der Waals surface area contributed by atoms with Gasteiger partial charge in [0.1, 0.15) is 11.3 Å². The smallest absolute Gasteiger partial charge is 0.228 e. The van der Waals surface area contributed by atoms with Crippen molar-refractivity contribution >= 4 is 34.9 Å². The highest BCUT2D eigenvalue weighted by molar-refractivity contribution is 6.42. The molecule has 0 aromatic carbocycles. The van der Waals surface area contributed by atoms with Gasteiger partial charge in [-0.1, -0.05) is 23.2 Å². The number of amides is 1. The fourth-order valence-electron chi connectivity index (χ4n) is 2.31. The van der Waals surface area contributed by atoms with E-state index in [1.54, 1.807) is 0 Å². The lowest BCUT2D eigenvalue weighted by molar-refractivity contribution is -0.121. The van der Waals surface area contributed by atoms with Crippen LogP contribution in [-0.2, 0) is 4.79 Å². The summed E-state index contributed by atoms with van der Waals surface area (Å²) in [6, 6.07) is 0. The molecule has 0 unspecified atom stereocenters. The topological polar surface area (TPSA) is 80.9 Å². The molecule has 1 aromatic heterocycles. The highest BCUT2D eigenvalue weighted by Crippen LogP contribution is 2.30. The predicted octanol–water partition coefficient (Wildman–Crippen LogP) is 2.49. The summed E-state index contributed by atoms with van der Waals surface area (Å²) in [5.41, 5.74) is 5.64. The minimum Gasteiger partial charge on any atom is -0.330 e. The Balaban J connectivity index is 1.96. The van der Waals surface area contributed by atoms with E-state index in [2.05, 4.69) is 15.3 Å². The molecule has 1 saturated carbocycles. The van der Waals surface area contributed by atoms with Crippen LogP contribution < -0.4 is 11.1 Å². The lowest BCUT2D eigenvalue weighted by atomic mass is 9.81. The van der Waals surface area contributed by atoms with E-state index in [0.29, 0.717) is 12.5 Å². The third-order valence-electron chi connectivity index (χ3n) is 3.54. The van der Waals surface area contributed by atoms with Crippen molar-refractivity contribution in [1.82, 2.24) is 9.97 Å². The number of anilines is 1. The molecule has 1 heterocycles. The van der Waals surface area contributed by atoms with Crippen LogP contribution in [0.5, 0.6) is 0 Å². The van der Waals surface area contributed by atoms with Crippen molar-refractivity contribution in [2.75, 3.05) is 11.9 Å². The third-order valence-corrected chi connectivity index (χ3v) is 4.28. The van der Waals surface area contributed by atoms with E-state index in [1.165, 1.54) is 6.33 Å². The normalized spacial score (nSPS) is 23.1. The van der Waals surface area contributed by atoms with Crippen molar-refractivity contribution in [3.63, 3.8) is 0 Å². The molecule has 1 aliphatic carbocycles. The molecule has 0 saturated heterocycles. The largest absolute Gasteiger partial charge is 0.330 e. The first-order valence-corrected chi connectivity index (χ1v) is 7.04. The first kappa shape index (κ1) is 14.5. The fraction of sp³-hybridized carbons (Fsp3) is 0.583. The van der Waals surface area contributed by atoms with Crippen LogP contribution in [0.1, 0.15) is 25.7 Å². The van der Waals surface area contributed by atoms with Gasteiger partial charge in [-0.05, 0) is 38.1 Å². The second kappa shape index (κ2) is 6.50. The molecule has 0 radical (unpaired) electrons. The van der Waals surface area contributed by atoms with Gasteiger partial charge in [-0.15, -0.1) is 0 Å². The molecular formula is C12H16Cl2N4O. The van der Waals surface area contributed by atoms with E-state index in [9.17, 15) is 4.79 Å². The maximum Gasteiger partial charge on any atom is 0.228 e. The van der Waals surface area contributed by atoms with Crippen LogP contribution in [0, 0.1) is 11.8 Å². The Morgan fingerprint density at radius 2 is 2.00 bits per heavy atom. The van der Waals surface area contributed by atoms with Gasteiger partial charge in [0.05, 0.1) is 0 Å². The molecular weight excluding hydrogens is 287 g/mol. The summed E-state index contributed by atoms with van der Waals surface area (Å²) < 4.78 is 0. The minimum absolute atomic E-state index is 0.00684. The molecule has 0 spiro atoms. The van der Waals surface area contributed by atoms with Gasteiger partial charge in [0.25, 0.3) is 0 Å². The van der Waals surface area contributed by atoms with E-state index in [-0.39, 0.29) is 27.8 Å². The number of hydrogen-bond donors (Lipinski definition) is 2. The molecule has 2 rings (SSSR count). The number of halogens is 2. The summed E-state index contributed by atoms with van der Waals surface area (Å²) in [5.74, 6) is 0.744. The summed E-state index contributed by atoms with van der Waals surface area (Å²) in [4.78, 5) is 19.8. The van der Waals surface area contributed by atoms with E-state index >= 15 is 0 Å². The first-order valence-electron chi connectivity index (χ1n) is 6.28. The van der Waals surface area contributed by atoms with Crippen LogP contribution in [-0.4, -0.2) is 22.4 Å². The molecule has 0 aliphatic heterocycles. The summed E-state index contributed by atoms with van der Waals surface area (Å²) in [6.07, 6.45) is 4.96. The zero-order valence-corrected chi connectivity index (χ0v) is 11.9. The lowest BCUT2D eigenvalue weighted by Crippen LogP contribution is -2.29. The highest BCUT2D eigenvalue weighted by Gasteiger charge is 2.26. The number of nitrogens with zero attached hydrogens (tertiary/aromatic N) is 2. The van der Waals surface area contributed by atoms with E-state index in [1.807, 2.05) is 0 Å². The Morgan fingerprint density at radius 1 is 1.32 bits per heavy atom. The van der Waals surface area contributed by atoms with Gasteiger partial charge in [0, 0.05) is 5.92 Å². The average molecular weight is 303 g/mol. The maximum absolute atomic E-state index is 12.1. The van der Waals surface area contributed by atoms with Crippen LogP contribution in [0.25, 0.3) is 0 Å². The van der Waals surface area contributed by atoms with Gasteiger partial charge in [-0.2, -0.15) is 0 Å². The Morgan fingerprint density at radius 3 is 2.63 bits per heavy atom. The van der Waals surface area contributed by atoms with E-state index < -0.39 is 0 Å². The number of rotatable bonds is 3. The number of nitrogens with one attached hydrogen (secondary N) is 1. The number of hydrogen-bond acceptors (Lipinski definition) is 4. The molecule has 5 nitrogen and oxygen atoms in total. The minimum atomic E-state index is -0.0628. The van der Waals surface area contributed by atoms with Crippen molar-refractivity contribution in [2.24, 2.45) is 17.6 Å². The average Bonchev–Trinajstić information content (AvgIpc) is 2.44. The van der Waals surface area contributed by atoms with Crippen molar-refractivity contribution < 1.29 is 4.79 Å². The lowest BCUT2D eigenvalue weighted by Gasteiger charge is -2.26. The van der Waals surface area contributed by atoms with Gasteiger partial charge in [-0.25, -0.2) is 9.97 Å². The molecule has 3 N–H and O–H groups in total. The molecule has 1 aliphatic rings. The van der Waals surface area contributed by atoms with Crippen LogP contribution in [0.2, 0.25) is 10.2 Å². The summed E-state index contributed by atoms with van der Waals surface area (Å²) >= 11 is 11.7. The van der Waals surface area contributed by atoms with Crippen molar-refractivity contribution in [3.05, 3.63) is 16.5 Å². The van der Waals surface area contributed by atoms with Crippen LogP contribution >= 0.6 is 23.2 Å². The SMILES string of the molecule is NCC1CCC(C(=O)Nc2ncnc(Cl)c2Cl)CC1. The van der Waals surface area contributed by atoms with Crippen molar-refractivity contribution in [3.8, 4) is 0 Å². The van der Waals surface area contributed by atoms with Gasteiger partial charge in [-0.3, -0.25) is 4.79 Å². The van der Waals surface area contributed by atoms with Crippen molar-refractivity contribution in [2.45, 2.75) is 25.7 Å².